The van der Waals surface area contributed by atoms with Gasteiger partial charge in [0.15, 0.2) is 22.4 Å². The molecule has 0 aliphatic carbocycles. The summed E-state index contributed by atoms with van der Waals surface area (Å²) in [4.78, 5) is 17.7. The second-order valence-corrected chi connectivity index (χ2v) is 7.83. The number of aryl methyl sites for hydroxylation is 5. The van der Waals surface area contributed by atoms with Gasteiger partial charge < -0.3 is 5.32 Å². The monoisotopic (exact) mass is 396 g/mol. The number of hydrogen-bond acceptors (Lipinski definition) is 7. The molecule has 0 bridgehead atoms. The summed E-state index contributed by atoms with van der Waals surface area (Å²) >= 11 is 1.47. The summed E-state index contributed by atoms with van der Waals surface area (Å²) in [6, 6.07) is 5.69. The smallest absolute Gasteiger partial charge is 0.226 e. The van der Waals surface area contributed by atoms with E-state index in [1.807, 2.05) is 45.9 Å². The van der Waals surface area contributed by atoms with E-state index < -0.39 is 0 Å². The first-order valence-electron chi connectivity index (χ1n) is 8.89. The molecule has 10 heteroatoms. The zero-order valence-electron chi connectivity index (χ0n) is 16.1. The molecule has 0 radical (unpaired) electrons. The lowest BCUT2D eigenvalue weighted by Crippen LogP contribution is -2.14. The van der Waals surface area contributed by atoms with Crippen LogP contribution in [0.3, 0.4) is 0 Å². The SMILES string of the molecule is Cc1cc(C)n(-c2ccc3nnc(CCC(=O)Nc4nc(C)c(C)s4)n3n2)n1. The largest absolute Gasteiger partial charge is 0.302 e. The highest BCUT2D eigenvalue weighted by Crippen LogP contribution is 2.21. The Hall–Kier alpha value is -3.14. The minimum absolute atomic E-state index is 0.111. The van der Waals surface area contributed by atoms with Crippen LogP contribution >= 0.6 is 11.3 Å². The van der Waals surface area contributed by atoms with Crippen molar-refractivity contribution >= 4 is 28.0 Å². The fraction of sp³-hybridized carbons (Fsp3) is 0.333. The zero-order chi connectivity index (χ0) is 19.8. The van der Waals surface area contributed by atoms with E-state index in [0.29, 0.717) is 28.8 Å². The van der Waals surface area contributed by atoms with Gasteiger partial charge in [-0.3, -0.25) is 4.79 Å². The average molecular weight is 396 g/mol. The summed E-state index contributed by atoms with van der Waals surface area (Å²) in [5.41, 5.74) is 3.48. The number of fused-ring (bicyclic) bond motifs is 1. The third-order valence-electron chi connectivity index (χ3n) is 4.39. The van der Waals surface area contributed by atoms with Crippen molar-refractivity contribution in [3.8, 4) is 5.82 Å². The van der Waals surface area contributed by atoms with E-state index in [4.69, 9.17) is 0 Å². The van der Waals surface area contributed by atoms with Gasteiger partial charge in [-0.1, -0.05) is 0 Å². The summed E-state index contributed by atoms with van der Waals surface area (Å²) in [5.74, 6) is 1.19. The fourth-order valence-electron chi connectivity index (χ4n) is 2.89. The molecule has 0 fully saturated rings. The van der Waals surface area contributed by atoms with Crippen LogP contribution in [0.1, 0.15) is 34.2 Å². The molecular formula is C18H20N8OS. The molecule has 4 aromatic heterocycles. The predicted molar refractivity (Wildman–Crippen MR) is 106 cm³/mol. The molecule has 0 saturated heterocycles. The highest BCUT2D eigenvalue weighted by molar-refractivity contribution is 7.15. The molecule has 0 aromatic carbocycles. The molecule has 28 heavy (non-hydrogen) atoms. The van der Waals surface area contributed by atoms with Gasteiger partial charge in [0, 0.05) is 23.4 Å². The molecule has 4 aromatic rings. The highest BCUT2D eigenvalue weighted by Gasteiger charge is 2.13. The molecule has 1 amide bonds. The lowest BCUT2D eigenvalue weighted by Gasteiger charge is -2.05. The van der Waals surface area contributed by atoms with Crippen LogP contribution in [0.25, 0.3) is 11.5 Å². The van der Waals surface area contributed by atoms with E-state index in [9.17, 15) is 4.79 Å². The maximum absolute atomic E-state index is 12.3. The molecule has 0 atom stereocenters. The number of carbonyl (C=O) groups excluding carboxylic acids is 1. The van der Waals surface area contributed by atoms with Gasteiger partial charge in [0.05, 0.1) is 11.4 Å². The normalized spacial score (nSPS) is 11.3. The van der Waals surface area contributed by atoms with Crippen molar-refractivity contribution in [2.24, 2.45) is 0 Å². The summed E-state index contributed by atoms with van der Waals surface area (Å²) in [7, 11) is 0. The zero-order valence-corrected chi connectivity index (χ0v) is 16.9. The molecule has 0 aliphatic rings. The number of rotatable bonds is 5. The maximum Gasteiger partial charge on any atom is 0.226 e. The first-order valence-corrected chi connectivity index (χ1v) is 9.71. The van der Waals surface area contributed by atoms with Crippen molar-refractivity contribution in [2.45, 2.75) is 40.5 Å². The molecule has 0 saturated carbocycles. The Morgan fingerprint density at radius 1 is 1.14 bits per heavy atom. The fourth-order valence-corrected chi connectivity index (χ4v) is 3.72. The lowest BCUT2D eigenvalue weighted by atomic mass is 10.3. The molecule has 0 spiro atoms. The minimum atomic E-state index is -0.111. The van der Waals surface area contributed by atoms with Gasteiger partial charge >= 0.3 is 0 Å². The van der Waals surface area contributed by atoms with E-state index >= 15 is 0 Å². The summed E-state index contributed by atoms with van der Waals surface area (Å²) < 4.78 is 3.44. The standard InChI is InChI=1S/C18H20N8OS/c1-10-9-11(2)25(23-10)16-6-5-14-21-22-15(26(14)24-16)7-8-17(27)20-18-19-12(3)13(4)28-18/h5-6,9H,7-8H2,1-4H3,(H,19,20,27). The van der Waals surface area contributed by atoms with Gasteiger partial charge in [-0.15, -0.1) is 26.6 Å². The van der Waals surface area contributed by atoms with Crippen LogP contribution < -0.4 is 5.32 Å². The number of hydrogen-bond donors (Lipinski definition) is 1. The van der Waals surface area contributed by atoms with E-state index in [-0.39, 0.29) is 12.3 Å². The average Bonchev–Trinajstić information content (AvgIpc) is 3.30. The molecule has 9 nitrogen and oxygen atoms in total. The number of thiazole rings is 1. The van der Waals surface area contributed by atoms with Crippen LogP contribution in [-0.2, 0) is 11.2 Å². The third kappa shape index (κ3) is 3.50. The first kappa shape index (κ1) is 18.2. The molecule has 0 unspecified atom stereocenters. The highest BCUT2D eigenvalue weighted by atomic mass is 32.1. The Balaban J connectivity index is 1.51. The Labute approximate surface area is 165 Å². The molecular weight excluding hydrogens is 376 g/mol. The quantitative estimate of drug-likeness (QED) is 0.556. The Kier molecular flexibility index (Phi) is 4.63. The summed E-state index contributed by atoms with van der Waals surface area (Å²) in [5, 5.41) is 20.8. The van der Waals surface area contributed by atoms with Crippen LogP contribution in [-0.4, -0.2) is 40.5 Å². The maximum atomic E-state index is 12.3. The van der Waals surface area contributed by atoms with Crippen molar-refractivity contribution in [1.29, 1.82) is 0 Å². The number of nitrogens with one attached hydrogen (secondary N) is 1. The van der Waals surface area contributed by atoms with Crippen LogP contribution in [0, 0.1) is 27.7 Å². The summed E-state index contributed by atoms with van der Waals surface area (Å²) in [6.45, 7) is 7.83. The van der Waals surface area contributed by atoms with Gasteiger partial charge in [0.25, 0.3) is 0 Å². The van der Waals surface area contributed by atoms with Gasteiger partial charge in [-0.2, -0.15) is 9.61 Å². The second kappa shape index (κ2) is 7.12. The molecule has 4 rings (SSSR count). The number of nitrogens with zero attached hydrogens (tertiary/aromatic N) is 7. The molecule has 144 valence electrons. The topological polar surface area (TPSA) is 103 Å². The second-order valence-electron chi connectivity index (χ2n) is 6.63. The van der Waals surface area contributed by atoms with E-state index in [0.717, 1.165) is 22.0 Å². The number of anilines is 1. The predicted octanol–water partition coefficient (Wildman–Crippen LogP) is 2.57. The van der Waals surface area contributed by atoms with Crippen molar-refractivity contribution in [1.82, 2.24) is 34.6 Å². The van der Waals surface area contributed by atoms with Gasteiger partial charge in [0.2, 0.25) is 5.91 Å². The number of aromatic nitrogens is 7. The van der Waals surface area contributed by atoms with Crippen molar-refractivity contribution in [3.05, 3.63) is 46.0 Å². The van der Waals surface area contributed by atoms with Crippen molar-refractivity contribution in [2.75, 3.05) is 5.32 Å². The number of carbonyl (C=O) groups is 1. The van der Waals surface area contributed by atoms with Gasteiger partial charge in [-0.05, 0) is 45.9 Å². The van der Waals surface area contributed by atoms with Crippen LogP contribution in [0.2, 0.25) is 0 Å². The Bertz CT molecular complexity index is 1150. The van der Waals surface area contributed by atoms with Crippen LogP contribution in [0.5, 0.6) is 0 Å². The van der Waals surface area contributed by atoms with Crippen molar-refractivity contribution in [3.63, 3.8) is 0 Å². The van der Waals surface area contributed by atoms with Gasteiger partial charge in [-0.25, -0.2) is 9.67 Å². The third-order valence-corrected chi connectivity index (χ3v) is 5.38. The number of amides is 1. The van der Waals surface area contributed by atoms with E-state index in [1.54, 1.807) is 9.20 Å². The van der Waals surface area contributed by atoms with Crippen LogP contribution in [0.15, 0.2) is 18.2 Å². The molecule has 0 aliphatic heterocycles. The minimum Gasteiger partial charge on any atom is -0.302 e. The first-order chi connectivity index (χ1) is 13.4. The summed E-state index contributed by atoms with van der Waals surface area (Å²) in [6.07, 6.45) is 0.689. The molecule has 4 heterocycles. The lowest BCUT2D eigenvalue weighted by molar-refractivity contribution is -0.116. The van der Waals surface area contributed by atoms with E-state index in [2.05, 4.69) is 30.7 Å². The van der Waals surface area contributed by atoms with E-state index in [1.165, 1.54) is 11.3 Å². The van der Waals surface area contributed by atoms with Crippen molar-refractivity contribution < 1.29 is 4.79 Å². The Morgan fingerprint density at radius 3 is 2.64 bits per heavy atom. The van der Waals surface area contributed by atoms with Gasteiger partial charge in [0.1, 0.15) is 0 Å². The Morgan fingerprint density at radius 2 is 1.96 bits per heavy atom. The molecule has 1 N–H and O–H groups in total. The van der Waals surface area contributed by atoms with Crippen LogP contribution in [0.4, 0.5) is 5.13 Å².